The number of amides is 2. The lowest BCUT2D eigenvalue weighted by molar-refractivity contribution is -0.137. The lowest BCUT2D eigenvalue weighted by atomic mass is 9.83. The van der Waals surface area contributed by atoms with Gasteiger partial charge in [0.15, 0.2) is 6.10 Å². The van der Waals surface area contributed by atoms with Crippen molar-refractivity contribution in [3.63, 3.8) is 0 Å². The number of alkyl halides is 3. The van der Waals surface area contributed by atoms with E-state index in [4.69, 9.17) is 21.1 Å². The minimum absolute atomic E-state index is 0.0112. The van der Waals surface area contributed by atoms with Gasteiger partial charge in [-0.3, -0.25) is 10.1 Å². The molecule has 0 spiro atoms. The third kappa shape index (κ3) is 3.48. The maximum Gasteiger partial charge on any atom is 0.416 e. The Morgan fingerprint density at radius 1 is 1.21 bits per heavy atom. The molecule has 1 heterocycles. The molecule has 4 rings (SSSR count). The first-order chi connectivity index (χ1) is 13.2. The van der Waals surface area contributed by atoms with Gasteiger partial charge in [0.1, 0.15) is 11.5 Å². The number of fused-ring (bicyclic) bond motifs is 1. The minimum Gasteiger partial charge on any atom is -0.456 e. The molecule has 2 aliphatic carbocycles. The van der Waals surface area contributed by atoms with Crippen LogP contribution in [0.5, 0.6) is 5.75 Å². The van der Waals surface area contributed by atoms with Crippen LogP contribution < -0.4 is 10.1 Å². The van der Waals surface area contributed by atoms with Gasteiger partial charge >= 0.3 is 12.3 Å². The smallest absolute Gasteiger partial charge is 0.416 e. The van der Waals surface area contributed by atoms with Crippen molar-refractivity contribution in [1.29, 1.82) is 0 Å². The zero-order valence-electron chi connectivity index (χ0n) is 14.3. The number of alkyl carbamates (subject to hydrolysis) is 1. The summed E-state index contributed by atoms with van der Waals surface area (Å²) in [7, 11) is 0. The molecule has 0 aromatic heterocycles. The van der Waals surface area contributed by atoms with E-state index in [1.165, 1.54) is 6.07 Å². The SMILES string of the molecule is O=C1NC(=O)[C@H]([C@@H]2CCC3C=C(Oc4ccc(C(F)(F)F)cc4Cl)C=CC32)O1. The molecule has 1 N–H and O–H groups in total. The quantitative estimate of drug-likeness (QED) is 0.794. The monoisotopic (exact) mass is 413 g/mol. The lowest BCUT2D eigenvalue weighted by Gasteiger charge is -2.25. The van der Waals surface area contributed by atoms with Crippen molar-refractivity contribution in [3.8, 4) is 5.75 Å². The van der Waals surface area contributed by atoms with E-state index in [2.05, 4.69) is 5.32 Å². The third-order valence-electron chi connectivity index (χ3n) is 5.28. The van der Waals surface area contributed by atoms with Crippen molar-refractivity contribution in [2.45, 2.75) is 25.1 Å². The van der Waals surface area contributed by atoms with Crippen molar-refractivity contribution < 1.29 is 32.2 Å². The summed E-state index contributed by atoms with van der Waals surface area (Å²) in [4.78, 5) is 23.1. The fraction of sp³-hybridized carbons (Fsp3) is 0.368. The van der Waals surface area contributed by atoms with E-state index in [1.807, 2.05) is 12.2 Å². The van der Waals surface area contributed by atoms with Crippen LogP contribution in [0.2, 0.25) is 5.02 Å². The molecule has 2 fully saturated rings. The number of halogens is 4. The second kappa shape index (κ2) is 6.84. The molecular formula is C19H15ClF3NO4. The largest absolute Gasteiger partial charge is 0.456 e. The van der Waals surface area contributed by atoms with Crippen molar-refractivity contribution in [2.75, 3.05) is 0 Å². The molecule has 1 aromatic rings. The van der Waals surface area contributed by atoms with E-state index in [9.17, 15) is 22.8 Å². The molecule has 3 aliphatic rings. The van der Waals surface area contributed by atoms with E-state index >= 15 is 0 Å². The summed E-state index contributed by atoms with van der Waals surface area (Å²) in [5.41, 5.74) is -0.846. The van der Waals surface area contributed by atoms with Gasteiger partial charge in [-0.2, -0.15) is 13.2 Å². The van der Waals surface area contributed by atoms with Gasteiger partial charge in [0.2, 0.25) is 0 Å². The van der Waals surface area contributed by atoms with Crippen LogP contribution in [-0.2, 0) is 15.7 Å². The number of nitrogens with one attached hydrogen (secondary N) is 1. The van der Waals surface area contributed by atoms with Gasteiger partial charge < -0.3 is 9.47 Å². The molecule has 1 saturated carbocycles. The number of cyclic esters (lactones) is 1. The van der Waals surface area contributed by atoms with E-state index in [0.717, 1.165) is 18.6 Å². The highest BCUT2D eigenvalue weighted by Gasteiger charge is 2.47. The molecule has 1 saturated heterocycles. The predicted octanol–water partition coefficient (Wildman–Crippen LogP) is 4.47. The van der Waals surface area contributed by atoms with Crippen molar-refractivity contribution >= 4 is 23.6 Å². The summed E-state index contributed by atoms with van der Waals surface area (Å²) >= 11 is 5.94. The fourth-order valence-electron chi connectivity index (χ4n) is 4.00. The molecule has 1 aliphatic heterocycles. The Balaban J connectivity index is 1.47. The first-order valence-corrected chi connectivity index (χ1v) is 9.06. The lowest BCUT2D eigenvalue weighted by Crippen LogP contribution is -2.33. The number of allylic oxidation sites excluding steroid dienone is 3. The topological polar surface area (TPSA) is 64.6 Å². The summed E-state index contributed by atoms with van der Waals surface area (Å²) in [6.45, 7) is 0. The molecule has 5 nitrogen and oxygen atoms in total. The minimum atomic E-state index is -4.48. The van der Waals surface area contributed by atoms with Crippen LogP contribution >= 0.6 is 11.6 Å². The predicted molar refractivity (Wildman–Crippen MR) is 92.4 cm³/mol. The van der Waals surface area contributed by atoms with Gasteiger partial charge in [0.25, 0.3) is 5.91 Å². The average molecular weight is 414 g/mol. The molecule has 148 valence electrons. The Hall–Kier alpha value is -2.48. The fourth-order valence-corrected chi connectivity index (χ4v) is 4.22. The van der Waals surface area contributed by atoms with Gasteiger partial charge in [0.05, 0.1) is 10.6 Å². The van der Waals surface area contributed by atoms with Crippen molar-refractivity contribution in [3.05, 3.63) is 52.8 Å². The van der Waals surface area contributed by atoms with Crippen LogP contribution in [0.25, 0.3) is 0 Å². The number of ether oxygens (including phenoxy) is 2. The van der Waals surface area contributed by atoms with Gasteiger partial charge in [-0.15, -0.1) is 0 Å². The highest BCUT2D eigenvalue weighted by Crippen LogP contribution is 2.45. The number of carbonyl (C=O) groups is 2. The highest BCUT2D eigenvalue weighted by atomic mass is 35.5. The Labute approximate surface area is 163 Å². The first-order valence-electron chi connectivity index (χ1n) is 8.68. The van der Waals surface area contributed by atoms with Gasteiger partial charge in [-0.25, -0.2) is 4.79 Å². The molecule has 2 amide bonds. The van der Waals surface area contributed by atoms with Crippen molar-refractivity contribution in [1.82, 2.24) is 5.32 Å². The molecule has 28 heavy (non-hydrogen) atoms. The summed E-state index contributed by atoms with van der Waals surface area (Å²) < 4.78 is 49.0. The third-order valence-corrected chi connectivity index (χ3v) is 5.57. The standard InChI is InChI=1S/C19H15ClF3NO4/c20-14-8-10(19(21,22)23)2-6-15(14)27-11-3-5-12-9(7-11)1-4-13(12)16-17(25)24-18(26)28-16/h2-3,5-9,12-13,16H,1,4H2,(H,24,25,26)/t9?,12?,13-,16+/m1/s1. The van der Waals surface area contributed by atoms with Gasteiger partial charge in [-0.1, -0.05) is 17.7 Å². The number of imide groups is 1. The van der Waals surface area contributed by atoms with E-state index in [1.54, 1.807) is 6.08 Å². The van der Waals surface area contributed by atoms with Crippen LogP contribution in [0.15, 0.2) is 42.2 Å². The van der Waals surface area contributed by atoms with Gasteiger partial charge in [-0.05, 0) is 55.0 Å². The molecule has 2 unspecified atom stereocenters. The Bertz CT molecular complexity index is 896. The van der Waals surface area contributed by atoms with E-state index < -0.39 is 29.8 Å². The maximum absolute atomic E-state index is 12.7. The Morgan fingerprint density at radius 2 is 2.00 bits per heavy atom. The average Bonchev–Trinajstić information content (AvgIpc) is 3.17. The number of hydrogen-bond acceptors (Lipinski definition) is 4. The van der Waals surface area contributed by atoms with Crippen molar-refractivity contribution in [2.24, 2.45) is 17.8 Å². The number of benzene rings is 1. The second-order valence-corrected chi connectivity index (χ2v) is 7.38. The van der Waals surface area contributed by atoms with Crippen LogP contribution in [-0.4, -0.2) is 18.1 Å². The Morgan fingerprint density at radius 3 is 2.64 bits per heavy atom. The Kier molecular flexibility index (Phi) is 4.61. The van der Waals surface area contributed by atoms with Crippen LogP contribution in [0, 0.1) is 17.8 Å². The molecule has 4 atom stereocenters. The van der Waals surface area contributed by atoms with E-state index in [-0.39, 0.29) is 28.5 Å². The van der Waals surface area contributed by atoms with Gasteiger partial charge in [0, 0.05) is 5.92 Å². The summed E-state index contributed by atoms with van der Waals surface area (Å²) in [6.07, 6.45) is 0.922. The summed E-state index contributed by atoms with van der Waals surface area (Å²) in [5.74, 6) is 0.133. The number of hydrogen-bond donors (Lipinski definition) is 1. The molecule has 1 aromatic carbocycles. The molecule has 9 heteroatoms. The van der Waals surface area contributed by atoms with E-state index in [0.29, 0.717) is 12.2 Å². The maximum atomic E-state index is 12.7. The zero-order valence-corrected chi connectivity index (χ0v) is 15.1. The van der Waals surface area contributed by atoms with Crippen LogP contribution in [0.3, 0.4) is 0 Å². The summed E-state index contributed by atoms with van der Waals surface area (Å²) in [6, 6.07) is 2.92. The normalized spacial score (nSPS) is 29.2. The molecule has 0 bridgehead atoms. The second-order valence-electron chi connectivity index (χ2n) is 6.97. The number of carbonyl (C=O) groups excluding carboxylic acids is 2. The molecular weight excluding hydrogens is 399 g/mol. The number of rotatable bonds is 3. The molecule has 0 radical (unpaired) electrons. The zero-order chi connectivity index (χ0) is 20.1. The summed E-state index contributed by atoms with van der Waals surface area (Å²) in [5, 5.41) is 2.01. The first kappa shape index (κ1) is 18.9. The van der Waals surface area contributed by atoms with Crippen LogP contribution in [0.4, 0.5) is 18.0 Å². The highest BCUT2D eigenvalue weighted by molar-refractivity contribution is 6.32. The van der Waals surface area contributed by atoms with Crippen LogP contribution in [0.1, 0.15) is 18.4 Å².